The molecule has 2 heteroatoms. The van der Waals surface area contributed by atoms with Gasteiger partial charge in [0.15, 0.2) is 0 Å². The van der Waals surface area contributed by atoms with E-state index in [9.17, 15) is 0 Å². The summed E-state index contributed by atoms with van der Waals surface area (Å²) in [6, 6.07) is 0. The molecule has 0 aliphatic heterocycles. The van der Waals surface area contributed by atoms with Crippen molar-refractivity contribution in [2.24, 2.45) is 0 Å². The van der Waals surface area contributed by atoms with Crippen molar-refractivity contribution in [3.8, 4) is 0 Å². The number of hydrogen-bond acceptors (Lipinski definition) is 0. The first-order valence-electron chi connectivity index (χ1n) is 5.60. The van der Waals surface area contributed by atoms with Gasteiger partial charge in [0, 0.05) is 0 Å². The second-order valence-corrected chi connectivity index (χ2v) is 30.2. The average molecular weight is 562 g/mol. The smallest absolute Gasteiger partial charge is 1.00 e. The molecule has 2 rings (SSSR count). The Bertz CT molecular complexity index is 387. The van der Waals surface area contributed by atoms with Gasteiger partial charge in [-0.3, -0.25) is 0 Å². The molecule has 0 amide bonds. The molecule has 2 aliphatic rings. The average Bonchev–Trinajstić information content (AvgIpc) is 2.73. The van der Waals surface area contributed by atoms with Gasteiger partial charge in [0.05, 0.1) is 0 Å². The molecule has 0 heterocycles. The third kappa shape index (κ3) is 3.11. The zero-order chi connectivity index (χ0) is 10.9. The summed E-state index contributed by atoms with van der Waals surface area (Å²) in [4.78, 5) is 0. The van der Waals surface area contributed by atoms with Gasteiger partial charge < -0.3 is 2.85 Å². The third-order valence-corrected chi connectivity index (χ3v) is 19.7. The largest absolute Gasteiger partial charge is 1.00 e. The molecule has 0 saturated carbocycles. The van der Waals surface area contributed by atoms with Crippen LogP contribution < -0.4 is 0 Å². The van der Waals surface area contributed by atoms with E-state index in [0.29, 0.717) is 0 Å². The molecule has 0 fully saturated rings. The molecular formula is C13H20HfPb. The van der Waals surface area contributed by atoms with Crippen LogP contribution in [-0.4, -0.2) is 21.2 Å². The Kier molecular flexibility index (Phi) is 4.03. The van der Waals surface area contributed by atoms with E-state index in [1.165, 1.54) is 12.8 Å². The van der Waals surface area contributed by atoms with Crippen molar-refractivity contribution in [3.63, 3.8) is 0 Å². The molecule has 0 bridgehead atoms. The van der Waals surface area contributed by atoms with E-state index in [1.54, 1.807) is 3.33 Å². The molecule has 0 radical (unpaired) electrons. The SMILES string of the molecule is [CH3][Pb]([CH3])([CH3])[C]1=[C]([Hf+2][C]2=CC=CC2)CC=C1.[H-].[H-]. The molecule has 15 heavy (non-hydrogen) atoms. The van der Waals surface area contributed by atoms with E-state index in [-0.39, 0.29) is 2.85 Å². The topological polar surface area (TPSA) is 0 Å². The summed E-state index contributed by atoms with van der Waals surface area (Å²) in [7, 11) is 0. The Morgan fingerprint density at radius 1 is 1.20 bits per heavy atom. The minimum atomic E-state index is -1.91. The fraction of sp³-hybridized carbons (Fsp3) is 0.385. The summed E-state index contributed by atoms with van der Waals surface area (Å²) in [5.41, 5.74) is 0. The van der Waals surface area contributed by atoms with Gasteiger partial charge >= 0.3 is 111 Å². The van der Waals surface area contributed by atoms with Crippen LogP contribution in [0.4, 0.5) is 0 Å². The monoisotopic (exact) mass is 564 g/mol. The van der Waals surface area contributed by atoms with Crippen LogP contribution in [0, 0.1) is 0 Å². The summed E-state index contributed by atoms with van der Waals surface area (Å²) >= 11 is -2.53. The first kappa shape index (κ1) is 12.2. The molecule has 0 nitrogen and oxygen atoms in total. The Hall–Kier alpha value is 0.752. The van der Waals surface area contributed by atoms with Gasteiger partial charge in [0.1, 0.15) is 0 Å². The van der Waals surface area contributed by atoms with E-state index in [0.717, 1.165) is 0 Å². The Morgan fingerprint density at radius 3 is 2.60 bits per heavy atom. The van der Waals surface area contributed by atoms with Crippen LogP contribution in [0.5, 0.6) is 0 Å². The summed E-state index contributed by atoms with van der Waals surface area (Å²) in [6.45, 7) is 0. The van der Waals surface area contributed by atoms with Crippen molar-refractivity contribution < 1.29 is 25.8 Å². The number of rotatable bonds is 3. The van der Waals surface area contributed by atoms with Crippen LogP contribution in [0.25, 0.3) is 0 Å². The van der Waals surface area contributed by atoms with Gasteiger partial charge in [-0.1, -0.05) is 0 Å². The fourth-order valence-corrected chi connectivity index (χ4v) is 26.6. The molecule has 80 valence electrons. The molecule has 0 aromatic heterocycles. The van der Waals surface area contributed by atoms with Crippen molar-refractivity contribution in [1.82, 2.24) is 0 Å². The van der Waals surface area contributed by atoms with Gasteiger partial charge in [0.2, 0.25) is 0 Å². The summed E-state index contributed by atoms with van der Waals surface area (Å²) < 4.78 is 13.2. The van der Waals surface area contributed by atoms with Crippen molar-refractivity contribution in [2.45, 2.75) is 26.3 Å². The minimum absolute atomic E-state index is 0. The molecule has 2 aliphatic carbocycles. The molecule has 0 atom stereocenters. The van der Waals surface area contributed by atoms with Crippen LogP contribution >= 0.6 is 0 Å². The third-order valence-electron chi connectivity index (χ3n) is 2.82. The van der Waals surface area contributed by atoms with Crippen LogP contribution in [0.2, 0.25) is 13.4 Å². The van der Waals surface area contributed by atoms with E-state index >= 15 is 0 Å². The van der Waals surface area contributed by atoms with Crippen molar-refractivity contribution >= 4 is 21.2 Å². The van der Waals surface area contributed by atoms with Gasteiger partial charge in [-0.15, -0.1) is 0 Å². The van der Waals surface area contributed by atoms with Crippen LogP contribution in [0.15, 0.2) is 40.2 Å². The normalized spacial score (nSPS) is 19.8. The molecule has 0 unspecified atom stereocenters. The quantitative estimate of drug-likeness (QED) is 0.453. The van der Waals surface area contributed by atoms with Crippen molar-refractivity contribution in [2.75, 3.05) is 0 Å². The van der Waals surface area contributed by atoms with Crippen molar-refractivity contribution in [3.05, 3.63) is 40.2 Å². The maximum atomic E-state index is 2.56. The standard InChI is InChI=1S/C5H5.C5H4.3CH3.Hf.Pb.2H/c2*1-2-4-5-3-1;;;;;;;/h1-3H,4H2;1-2H,3H2;3*1H3;;;;/q;;;;;+2;;2*-1. The summed E-state index contributed by atoms with van der Waals surface area (Å²) in [6.07, 6.45) is 14.4. The molecular weight excluding hydrogens is 542 g/mol. The zero-order valence-electron chi connectivity index (χ0n) is 11.8. The van der Waals surface area contributed by atoms with Gasteiger partial charge in [-0.25, -0.2) is 0 Å². The van der Waals surface area contributed by atoms with Crippen LogP contribution in [0.1, 0.15) is 15.7 Å². The number of hydrogen-bond donors (Lipinski definition) is 0. The van der Waals surface area contributed by atoms with E-state index in [2.05, 4.69) is 43.8 Å². The second kappa shape index (κ2) is 4.95. The van der Waals surface area contributed by atoms with Crippen LogP contribution in [0.3, 0.4) is 0 Å². The van der Waals surface area contributed by atoms with E-state index in [4.69, 9.17) is 0 Å². The van der Waals surface area contributed by atoms with Gasteiger partial charge in [-0.2, -0.15) is 0 Å². The van der Waals surface area contributed by atoms with Gasteiger partial charge in [0.25, 0.3) is 0 Å². The molecule has 0 N–H and O–H groups in total. The van der Waals surface area contributed by atoms with Gasteiger partial charge in [-0.05, 0) is 0 Å². The first-order chi connectivity index (χ1) is 7.07. The Morgan fingerprint density at radius 2 is 2.00 bits per heavy atom. The molecule has 0 aromatic carbocycles. The van der Waals surface area contributed by atoms with E-state index in [1.807, 2.05) is 6.46 Å². The maximum absolute atomic E-state index is 2.56. The Balaban J connectivity index is 0.00000128. The fourth-order valence-electron chi connectivity index (χ4n) is 2.06. The molecule has 0 spiro atoms. The van der Waals surface area contributed by atoms with Crippen LogP contribution in [-0.2, 0) is 22.9 Å². The predicted molar refractivity (Wildman–Crippen MR) is 68.2 cm³/mol. The maximum Gasteiger partial charge on any atom is -1.00 e. The second-order valence-electron chi connectivity index (χ2n) is 5.20. The summed E-state index contributed by atoms with van der Waals surface area (Å²) in [5.74, 6) is 0. The Labute approximate surface area is 112 Å². The molecule has 0 aromatic rings. The zero-order valence-corrected chi connectivity index (χ0v) is 17.3. The molecule has 0 saturated heterocycles. The van der Waals surface area contributed by atoms with E-state index < -0.39 is 44.1 Å². The minimum Gasteiger partial charge on any atom is -1.00 e. The predicted octanol–water partition coefficient (Wildman–Crippen LogP) is 4.23. The first-order valence-corrected chi connectivity index (χ1v) is 22.8. The number of allylic oxidation sites excluding steroid dienone is 8. The van der Waals surface area contributed by atoms with Crippen molar-refractivity contribution in [1.29, 1.82) is 0 Å². The summed E-state index contributed by atoms with van der Waals surface area (Å²) in [5, 5.41) is 0.